The van der Waals surface area contributed by atoms with Gasteiger partial charge in [-0.3, -0.25) is 4.79 Å². The molecule has 2 aromatic carbocycles. The van der Waals surface area contributed by atoms with Gasteiger partial charge in [-0.25, -0.2) is 0 Å². The van der Waals surface area contributed by atoms with Crippen LogP contribution in [0.3, 0.4) is 0 Å². The number of carbonyl (C=O) groups excluding carboxylic acids is 1. The van der Waals surface area contributed by atoms with Crippen LogP contribution in [0.2, 0.25) is 5.02 Å². The van der Waals surface area contributed by atoms with Crippen LogP contribution >= 0.6 is 34.2 Å². The van der Waals surface area contributed by atoms with Gasteiger partial charge in [0.25, 0.3) is 5.91 Å². The number of ether oxygens (including phenoxy) is 1. The summed E-state index contributed by atoms with van der Waals surface area (Å²) >= 11 is 8.40. The first-order chi connectivity index (χ1) is 10.8. The number of carbonyl (C=O) groups is 1. The Balaban J connectivity index is 2.08. The molecule has 0 aliphatic carbocycles. The quantitative estimate of drug-likeness (QED) is 0.653. The van der Waals surface area contributed by atoms with E-state index in [1.165, 1.54) is 0 Å². The summed E-state index contributed by atoms with van der Waals surface area (Å²) in [6.07, 6.45) is -0.603. The summed E-state index contributed by atoms with van der Waals surface area (Å²) in [7, 11) is 0. The molecule has 0 spiro atoms. The molecule has 0 saturated carbocycles. The summed E-state index contributed by atoms with van der Waals surface area (Å²) in [4.78, 5) is 12.3. The zero-order chi connectivity index (χ0) is 17.1. The molecule has 0 bridgehead atoms. The van der Waals surface area contributed by atoms with Gasteiger partial charge >= 0.3 is 0 Å². The van der Waals surface area contributed by atoms with E-state index < -0.39 is 6.10 Å². The third kappa shape index (κ3) is 4.61. The topological polar surface area (TPSA) is 38.3 Å². The Bertz CT molecular complexity index is 723. The maximum Gasteiger partial charge on any atom is 0.265 e. The Morgan fingerprint density at radius 3 is 2.30 bits per heavy atom. The second kappa shape index (κ2) is 7.53. The highest BCUT2D eigenvalue weighted by molar-refractivity contribution is 14.1. The number of hydrogen-bond donors (Lipinski definition) is 1. The predicted octanol–water partition coefficient (Wildman–Crippen LogP) is 5.28. The zero-order valence-corrected chi connectivity index (χ0v) is 16.4. The molecule has 0 heterocycles. The first kappa shape index (κ1) is 18.1. The summed E-state index contributed by atoms with van der Waals surface area (Å²) in [5.74, 6) is 0.464. The van der Waals surface area contributed by atoms with Crippen molar-refractivity contribution in [2.75, 3.05) is 5.32 Å². The number of rotatable bonds is 4. The van der Waals surface area contributed by atoms with Crippen LogP contribution in [0, 0.1) is 24.3 Å². The summed E-state index contributed by atoms with van der Waals surface area (Å²) in [5, 5.41) is 3.63. The van der Waals surface area contributed by atoms with Crippen molar-refractivity contribution in [2.45, 2.75) is 33.8 Å². The molecule has 5 heteroatoms. The fourth-order valence-corrected chi connectivity index (χ4v) is 2.99. The fraction of sp³-hybridized carbons (Fsp3) is 0.278. The van der Waals surface area contributed by atoms with E-state index in [1.807, 2.05) is 51.1 Å². The molecule has 3 nitrogen and oxygen atoms in total. The summed E-state index contributed by atoms with van der Waals surface area (Å²) in [5.41, 5.74) is 3.69. The number of nitrogens with one attached hydrogen (secondary N) is 1. The Kier molecular flexibility index (Phi) is 5.92. The highest BCUT2D eigenvalue weighted by Gasteiger charge is 2.16. The lowest BCUT2D eigenvalue weighted by Crippen LogP contribution is -2.30. The fourth-order valence-electron chi connectivity index (χ4n) is 2.23. The molecule has 1 atom stereocenters. The molecule has 1 amide bonds. The maximum atomic E-state index is 12.3. The van der Waals surface area contributed by atoms with Crippen molar-refractivity contribution in [1.82, 2.24) is 0 Å². The van der Waals surface area contributed by atoms with Crippen LogP contribution in [0.1, 0.15) is 23.6 Å². The van der Waals surface area contributed by atoms with Crippen LogP contribution in [0.15, 0.2) is 30.3 Å². The van der Waals surface area contributed by atoms with Crippen molar-refractivity contribution in [3.63, 3.8) is 0 Å². The van der Waals surface area contributed by atoms with Gasteiger partial charge in [0.05, 0.1) is 0 Å². The van der Waals surface area contributed by atoms with Crippen molar-refractivity contribution in [2.24, 2.45) is 0 Å². The average molecular weight is 444 g/mol. The number of benzene rings is 2. The molecule has 23 heavy (non-hydrogen) atoms. The maximum absolute atomic E-state index is 12.3. The molecule has 1 unspecified atom stereocenters. The molecular weight excluding hydrogens is 425 g/mol. The van der Waals surface area contributed by atoms with Crippen molar-refractivity contribution in [1.29, 1.82) is 0 Å². The van der Waals surface area contributed by atoms with Gasteiger partial charge in [-0.2, -0.15) is 0 Å². The van der Waals surface area contributed by atoms with E-state index in [1.54, 1.807) is 6.92 Å². The van der Waals surface area contributed by atoms with Crippen LogP contribution < -0.4 is 10.1 Å². The van der Waals surface area contributed by atoms with Crippen molar-refractivity contribution in [3.05, 3.63) is 55.6 Å². The van der Waals surface area contributed by atoms with Crippen LogP contribution in [0.25, 0.3) is 0 Å². The second-order valence-electron chi connectivity index (χ2n) is 5.58. The molecule has 2 rings (SSSR count). The van der Waals surface area contributed by atoms with Gasteiger partial charge in [0, 0.05) is 14.3 Å². The average Bonchev–Trinajstić information content (AvgIpc) is 2.47. The zero-order valence-electron chi connectivity index (χ0n) is 13.5. The van der Waals surface area contributed by atoms with Gasteiger partial charge < -0.3 is 10.1 Å². The molecule has 1 N–H and O–H groups in total. The summed E-state index contributed by atoms with van der Waals surface area (Å²) in [6, 6.07) is 9.57. The normalized spacial score (nSPS) is 11.9. The minimum Gasteiger partial charge on any atom is -0.481 e. The van der Waals surface area contributed by atoms with E-state index >= 15 is 0 Å². The minimum atomic E-state index is -0.603. The van der Waals surface area contributed by atoms with E-state index in [9.17, 15) is 4.79 Å². The van der Waals surface area contributed by atoms with Crippen molar-refractivity contribution in [3.8, 4) is 5.75 Å². The van der Waals surface area contributed by atoms with Crippen LogP contribution in [-0.4, -0.2) is 12.0 Å². The molecule has 0 aliphatic rings. The third-order valence-corrected chi connectivity index (χ3v) is 4.81. The van der Waals surface area contributed by atoms with Gasteiger partial charge in [0.2, 0.25) is 0 Å². The third-order valence-electron chi connectivity index (χ3n) is 3.54. The molecule has 0 fully saturated rings. The van der Waals surface area contributed by atoms with E-state index in [2.05, 4.69) is 27.9 Å². The second-order valence-corrected chi connectivity index (χ2v) is 7.20. The smallest absolute Gasteiger partial charge is 0.265 e. The van der Waals surface area contributed by atoms with Crippen molar-refractivity contribution >= 4 is 45.8 Å². The first-order valence-electron chi connectivity index (χ1n) is 7.28. The molecule has 0 radical (unpaired) electrons. The Labute approximate surface area is 155 Å². The first-order valence-corrected chi connectivity index (χ1v) is 8.74. The Morgan fingerprint density at radius 1 is 1.13 bits per heavy atom. The van der Waals surface area contributed by atoms with E-state index in [-0.39, 0.29) is 5.91 Å². The van der Waals surface area contributed by atoms with Gasteiger partial charge in [-0.1, -0.05) is 11.6 Å². The molecule has 2 aromatic rings. The van der Waals surface area contributed by atoms with E-state index in [4.69, 9.17) is 16.3 Å². The number of anilines is 1. The summed E-state index contributed by atoms with van der Waals surface area (Å²) < 4.78 is 6.89. The number of amides is 1. The SMILES string of the molecule is Cc1cc(I)ccc1NC(=O)C(C)Oc1cc(C)c(Cl)c(C)c1. The lowest BCUT2D eigenvalue weighted by atomic mass is 10.1. The summed E-state index contributed by atoms with van der Waals surface area (Å²) in [6.45, 7) is 7.54. The van der Waals surface area contributed by atoms with Crippen LogP contribution in [0.5, 0.6) is 5.75 Å². The number of hydrogen-bond acceptors (Lipinski definition) is 2. The van der Waals surface area contributed by atoms with Gasteiger partial charge in [-0.05, 0) is 97.3 Å². The highest BCUT2D eigenvalue weighted by Crippen LogP contribution is 2.26. The van der Waals surface area contributed by atoms with Gasteiger partial charge in [0.1, 0.15) is 5.75 Å². The van der Waals surface area contributed by atoms with Gasteiger partial charge in [-0.15, -0.1) is 0 Å². The number of aryl methyl sites for hydroxylation is 3. The molecular formula is C18H19ClINO2. The molecule has 122 valence electrons. The Morgan fingerprint density at radius 2 is 1.74 bits per heavy atom. The number of halogens is 2. The Hall–Kier alpha value is -1.27. The van der Waals surface area contributed by atoms with Crippen LogP contribution in [0.4, 0.5) is 5.69 Å². The van der Waals surface area contributed by atoms with E-state index in [0.29, 0.717) is 5.75 Å². The minimum absolute atomic E-state index is 0.181. The molecule has 0 saturated heterocycles. The lowest BCUT2D eigenvalue weighted by molar-refractivity contribution is -0.122. The van der Waals surface area contributed by atoms with Crippen LogP contribution in [-0.2, 0) is 4.79 Å². The lowest BCUT2D eigenvalue weighted by Gasteiger charge is -2.17. The van der Waals surface area contributed by atoms with E-state index in [0.717, 1.165) is 31.0 Å². The molecule has 0 aromatic heterocycles. The molecule has 0 aliphatic heterocycles. The van der Waals surface area contributed by atoms with Gasteiger partial charge in [0.15, 0.2) is 6.10 Å². The van der Waals surface area contributed by atoms with Crippen molar-refractivity contribution < 1.29 is 9.53 Å². The monoisotopic (exact) mass is 443 g/mol. The standard InChI is InChI=1S/C18H19ClINO2/c1-10-7-14(20)5-6-16(10)21-18(22)13(4)23-15-8-11(2)17(19)12(3)9-15/h5-9,13H,1-4H3,(H,21,22). The largest absolute Gasteiger partial charge is 0.481 e. The highest BCUT2D eigenvalue weighted by atomic mass is 127. The predicted molar refractivity (Wildman–Crippen MR) is 104 cm³/mol.